The largest absolute Gasteiger partial charge is 0.379 e. The molecule has 1 unspecified atom stereocenters. The third-order valence-electron chi connectivity index (χ3n) is 4.66. The molecule has 1 atom stereocenters. The van der Waals surface area contributed by atoms with Gasteiger partial charge < -0.3 is 9.47 Å². The zero-order valence-electron chi connectivity index (χ0n) is 11.3. The minimum atomic E-state index is 0.260. The number of rotatable bonds is 3. The average molecular weight is 254 g/mol. The Kier molecular flexibility index (Phi) is 4.19. The van der Waals surface area contributed by atoms with E-state index in [1.165, 1.54) is 44.9 Å². The van der Waals surface area contributed by atoms with E-state index in [4.69, 9.17) is 9.47 Å². The normalized spacial score (nSPS) is 33.0. The maximum atomic E-state index is 6.36. The van der Waals surface area contributed by atoms with Crippen LogP contribution in [0.5, 0.6) is 0 Å². The maximum Gasteiger partial charge on any atom is 0.0722 e. The molecule has 1 N–H and O–H groups in total. The van der Waals surface area contributed by atoms with Gasteiger partial charge in [-0.25, -0.2) is 5.01 Å². The predicted molar refractivity (Wildman–Crippen MR) is 70.3 cm³/mol. The number of morpholine rings is 1. The van der Waals surface area contributed by atoms with E-state index in [9.17, 15) is 0 Å². The Morgan fingerprint density at radius 2 is 1.83 bits per heavy atom. The van der Waals surface area contributed by atoms with Gasteiger partial charge in [0.15, 0.2) is 0 Å². The summed E-state index contributed by atoms with van der Waals surface area (Å²) in [7, 11) is 0. The second-order valence-corrected chi connectivity index (χ2v) is 5.98. The molecule has 0 aromatic rings. The van der Waals surface area contributed by atoms with E-state index in [-0.39, 0.29) is 5.60 Å². The highest BCUT2D eigenvalue weighted by Crippen LogP contribution is 2.41. The van der Waals surface area contributed by atoms with Crippen molar-refractivity contribution in [3.05, 3.63) is 0 Å². The lowest BCUT2D eigenvalue weighted by atomic mass is 9.83. The van der Waals surface area contributed by atoms with Crippen LogP contribution in [0.4, 0.5) is 0 Å². The molecular formula is C14H26N2O2. The number of nitrogens with one attached hydrogen (secondary N) is 1. The van der Waals surface area contributed by atoms with Gasteiger partial charge in [0.1, 0.15) is 0 Å². The maximum absolute atomic E-state index is 6.36. The van der Waals surface area contributed by atoms with Crippen LogP contribution in [0.3, 0.4) is 0 Å². The summed E-state index contributed by atoms with van der Waals surface area (Å²) < 4.78 is 11.7. The van der Waals surface area contributed by atoms with Gasteiger partial charge in [-0.1, -0.05) is 19.3 Å². The van der Waals surface area contributed by atoms with Crippen molar-refractivity contribution in [3.8, 4) is 0 Å². The molecule has 0 bridgehead atoms. The van der Waals surface area contributed by atoms with Crippen molar-refractivity contribution < 1.29 is 9.47 Å². The lowest BCUT2D eigenvalue weighted by molar-refractivity contribution is -0.0712. The van der Waals surface area contributed by atoms with Crippen molar-refractivity contribution >= 4 is 0 Å². The number of hydrogen-bond acceptors (Lipinski definition) is 4. The van der Waals surface area contributed by atoms with E-state index in [0.29, 0.717) is 6.10 Å². The predicted octanol–water partition coefficient (Wildman–Crippen LogP) is 1.71. The summed E-state index contributed by atoms with van der Waals surface area (Å²) in [5.74, 6) is 0. The molecule has 1 saturated carbocycles. The lowest BCUT2D eigenvalue weighted by Crippen LogP contribution is -2.48. The van der Waals surface area contributed by atoms with Crippen LogP contribution in [0.25, 0.3) is 0 Å². The van der Waals surface area contributed by atoms with Crippen LogP contribution in [-0.2, 0) is 9.47 Å². The monoisotopic (exact) mass is 254 g/mol. The van der Waals surface area contributed by atoms with Crippen molar-refractivity contribution in [2.24, 2.45) is 0 Å². The second-order valence-electron chi connectivity index (χ2n) is 5.98. The number of ether oxygens (including phenoxy) is 2. The fourth-order valence-electron chi connectivity index (χ4n) is 3.56. The molecule has 0 aromatic carbocycles. The van der Waals surface area contributed by atoms with Crippen LogP contribution in [0.15, 0.2) is 0 Å². The van der Waals surface area contributed by atoms with Gasteiger partial charge in [-0.05, 0) is 25.7 Å². The fraction of sp³-hybridized carbons (Fsp3) is 1.00. The molecular weight excluding hydrogens is 228 g/mol. The number of hydrazine groups is 1. The number of hydrogen-bond donors (Lipinski definition) is 1. The smallest absolute Gasteiger partial charge is 0.0722 e. The Hall–Kier alpha value is -0.160. The van der Waals surface area contributed by atoms with Crippen molar-refractivity contribution in [2.75, 3.05) is 32.8 Å². The number of nitrogens with zero attached hydrogens (tertiary/aromatic N) is 1. The van der Waals surface area contributed by atoms with Crippen LogP contribution in [0.2, 0.25) is 0 Å². The molecule has 3 rings (SSSR count). The van der Waals surface area contributed by atoms with E-state index in [1.54, 1.807) is 0 Å². The standard InChI is InChI=1S/C14H26N2O2/c1-2-5-14(6-3-1)7-4-13(18-14)12-15-16-8-10-17-11-9-16/h13,15H,1-12H2. The molecule has 0 aromatic heterocycles. The highest BCUT2D eigenvalue weighted by Gasteiger charge is 2.40. The molecule has 3 fully saturated rings. The molecule has 2 saturated heterocycles. The van der Waals surface area contributed by atoms with Crippen LogP contribution in [0.1, 0.15) is 44.9 Å². The minimum absolute atomic E-state index is 0.260. The second kappa shape index (κ2) is 5.87. The summed E-state index contributed by atoms with van der Waals surface area (Å²) in [5.41, 5.74) is 3.77. The molecule has 1 aliphatic carbocycles. The van der Waals surface area contributed by atoms with E-state index in [0.717, 1.165) is 32.8 Å². The summed E-state index contributed by atoms with van der Waals surface area (Å²) in [4.78, 5) is 0. The topological polar surface area (TPSA) is 33.7 Å². The Bertz CT molecular complexity index is 261. The first-order valence-corrected chi connectivity index (χ1v) is 7.60. The zero-order chi connectivity index (χ0) is 12.3. The fourth-order valence-corrected chi connectivity index (χ4v) is 3.56. The molecule has 4 nitrogen and oxygen atoms in total. The van der Waals surface area contributed by atoms with Gasteiger partial charge in [0.25, 0.3) is 0 Å². The van der Waals surface area contributed by atoms with Crippen LogP contribution < -0.4 is 5.43 Å². The van der Waals surface area contributed by atoms with E-state index in [2.05, 4.69) is 10.4 Å². The Morgan fingerprint density at radius 3 is 2.61 bits per heavy atom. The molecule has 18 heavy (non-hydrogen) atoms. The van der Waals surface area contributed by atoms with Gasteiger partial charge in [-0.3, -0.25) is 5.43 Å². The summed E-state index contributed by atoms with van der Waals surface area (Å²) in [5, 5.41) is 2.28. The molecule has 2 aliphatic heterocycles. The molecule has 2 heterocycles. The van der Waals surface area contributed by atoms with Crippen LogP contribution in [-0.4, -0.2) is 49.6 Å². The molecule has 1 spiro atoms. The first kappa shape index (κ1) is 12.9. The zero-order valence-corrected chi connectivity index (χ0v) is 11.3. The van der Waals surface area contributed by atoms with Crippen LogP contribution >= 0.6 is 0 Å². The van der Waals surface area contributed by atoms with Crippen molar-refractivity contribution in [1.82, 2.24) is 10.4 Å². The summed E-state index contributed by atoms with van der Waals surface area (Å²) in [6, 6.07) is 0. The first-order chi connectivity index (χ1) is 8.86. The van der Waals surface area contributed by atoms with Crippen molar-refractivity contribution in [2.45, 2.75) is 56.7 Å². The third-order valence-corrected chi connectivity index (χ3v) is 4.66. The average Bonchev–Trinajstić information content (AvgIpc) is 2.82. The Balaban J connectivity index is 1.41. The SMILES string of the molecule is C1CCC2(CC1)CCC(CNN1CCOCC1)O2. The third kappa shape index (κ3) is 3.05. The first-order valence-electron chi connectivity index (χ1n) is 7.60. The van der Waals surface area contributed by atoms with Gasteiger partial charge in [0.05, 0.1) is 24.9 Å². The lowest BCUT2D eigenvalue weighted by Gasteiger charge is -2.34. The van der Waals surface area contributed by atoms with Gasteiger partial charge in [0.2, 0.25) is 0 Å². The minimum Gasteiger partial charge on any atom is -0.379 e. The highest BCUT2D eigenvalue weighted by molar-refractivity contribution is 4.91. The van der Waals surface area contributed by atoms with E-state index in [1.807, 2.05) is 0 Å². The molecule has 3 aliphatic rings. The Labute approximate surface area is 110 Å². The van der Waals surface area contributed by atoms with Crippen molar-refractivity contribution in [1.29, 1.82) is 0 Å². The van der Waals surface area contributed by atoms with Crippen LogP contribution in [0, 0.1) is 0 Å². The van der Waals surface area contributed by atoms with E-state index < -0.39 is 0 Å². The molecule has 0 radical (unpaired) electrons. The van der Waals surface area contributed by atoms with Crippen molar-refractivity contribution in [3.63, 3.8) is 0 Å². The van der Waals surface area contributed by atoms with Gasteiger partial charge in [-0.2, -0.15) is 0 Å². The summed E-state index contributed by atoms with van der Waals surface area (Å²) in [6.07, 6.45) is 9.66. The molecule has 0 amide bonds. The Morgan fingerprint density at radius 1 is 1.06 bits per heavy atom. The highest BCUT2D eigenvalue weighted by atomic mass is 16.5. The van der Waals surface area contributed by atoms with Gasteiger partial charge >= 0.3 is 0 Å². The molecule has 4 heteroatoms. The summed E-state index contributed by atoms with van der Waals surface area (Å²) in [6.45, 7) is 4.67. The van der Waals surface area contributed by atoms with Gasteiger partial charge in [0, 0.05) is 19.6 Å². The quantitative estimate of drug-likeness (QED) is 0.831. The summed E-state index contributed by atoms with van der Waals surface area (Å²) >= 11 is 0. The van der Waals surface area contributed by atoms with E-state index >= 15 is 0 Å². The molecule has 104 valence electrons. The van der Waals surface area contributed by atoms with Gasteiger partial charge in [-0.15, -0.1) is 0 Å².